The molecule has 4 rings (SSSR count). The van der Waals surface area contributed by atoms with Crippen LogP contribution >= 0.6 is 0 Å². The maximum atomic E-state index is 12.8. The van der Waals surface area contributed by atoms with Crippen molar-refractivity contribution < 1.29 is 19.2 Å². The molecule has 26 heavy (non-hydrogen) atoms. The Labute approximate surface area is 148 Å². The number of benzene rings is 1. The van der Waals surface area contributed by atoms with Gasteiger partial charge in [-0.3, -0.25) is 9.48 Å². The van der Waals surface area contributed by atoms with Gasteiger partial charge in [0, 0.05) is 19.6 Å². The number of carbonyl (C=O) groups is 2. The third-order valence-corrected chi connectivity index (χ3v) is 4.59. The number of likely N-dealkylation sites (tertiary alicyclic amines) is 1. The van der Waals surface area contributed by atoms with Crippen LogP contribution in [-0.4, -0.2) is 55.1 Å². The van der Waals surface area contributed by atoms with Crippen LogP contribution in [0.5, 0.6) is 0 Å². The summed E-state index contributed by atoms with van der Waals surface area (Å²) in [5.41, 5.74) is 0.579. The van der Waals surface area contributed by atoms with Crippen molar-refractivity contribution in [1.29, 1.82) is 0 Å². The Morgan fingerprint density at radius 1 is 1.31 bits per heavy atom. The van der Waals surface area contributed by atoms with E-state index >= 15 is 0 Å². The van der Waals surface area contributed by atoms with Crippen LogP contribution in [0, 0.1) is 5.92 Å². The van der Waals surface area contributed by atoms with Crippen LogP contribution in [0.15, 0.2) is 35.0 Å². The van der Waals surface area contributed by atoms with Crippen molar-refractivity contribution in [2.45, 2.75) is 19.4 Å². The molecule has 1 fully saturated rings. The van der Waals surface area contributed by atoms with Gasteiger partial charge in [-0.1, -0.05) is 22.5 Å². The molecular weight excluding hydrogens is 338 g/mol. The largest absolute Gasteiger partial charge is 0.476 e. The number of carboxylic acids is 1. The fraction of sp³-hybridized carbons (Fsp3) is 0.353. The zero-order valence-corrected chi connectivity index (χ0v) is 13.9. The van der Waals surface area contributed by atoms with Crippen LogP contribution in [0.3, 0.4) is 0 Å². The first-order valence-corrected chi connectivity index (χ1v) is 8.39. The normalized spacial score (nSPS) is 17.5. The minimum atomic E-state index is -1.10. The lowest BCUT2D eigenvalue weighted by atomic mass is 9.97. The van der Waals surface area contributed by atoms with Gasteiger partial charge in [-0.15, -0.1) is 5.10 Å². The molecule has 9 nitrogen and oxygen atoms in total. The second-order valence-corrected chi connectivity index (χ2v) is 6.42. The maximum Gasteiger partial charge on any atom is 0.358 e. The van der Waals surface area contributed by atoms with E-state index in [4.69, 9.17) is 9.63 Å². The highest BCUT2D eigenvalue weighted by Crippen LogP contribution is 2.24. The first kappa shape index (κ1) is 16.2. The number of hydrogen-bond acceptors (Lipinski definition) is 6. The summed E-state index contributed by atoms with van der Waals surface area (Å²) in [6, 6.07) is 7.32. The third-order valence-electron chi connectivity index (χ3n) is 4.59. The predicted molar refractivity (Wildman–Crippen MR) is 89.6 cm³/mol. The SMILES string of the molecule is O=C(O)c1cn(CC2CCCN(C(=O)c3onc4ccccc34)C2)nn1. The molecule has 9 heteroatoms. The molecule has 3 heterocycles. The Hall–Kier alpha value is -3.23. The van der Waals surface area contributed by atoms with Gasteiger partial charge in [0.2, 0.25) is 5.76 Å². The number of aromatic carboxylic acids is 1. The molecule has 1 saturated heterocycles. The van der Waals surface area contributed by atoms with Crippen molar-refractivity contribution in [3.63, 3.8) is 0 Å². The van der Waals surface area contributed by atoms with Crippen molar-refractivity contribution in [2.75, 3.05) is 13.1 Å². The van der Waals surface area contributed by atoms with Crippen molar-refractivity contribution in [3.05, 3.63) is 41.9 Å². The average molecular weight is 355 g/mol. The standard InChI is InChI=1S/C17H17N5O4/c23-16(15-12-5-1-2-6-13(12)19-26-15)21-7-3-4-11(8-21)9-22-10-14(17(24)25)18-20-22/h1-2,5-6,10-11H,3-4,7-9H2,(H,24,25). The van der Waals surface area contributed by atoms with E-state index < -0.39 is 5.97 Å². The van der Waals surface area contributed by atoms with Crippen molar-refractivity contribution >= 4 is 22.8 Å². The van der Waals surface area contributed by atoms with E-state index in [9.17, 15) is 9.59 Å². The lowest BCUT2D eigenvalue weighted by Gasteiger charge is -2.32. The van der Waals surface area contributed by atoms with Gasteiger partial charge in [0.05, 0.1) is 11.6 Å². The predicted octanol–water partition coefficient (Wildman–Crippen LogP) is 1.67. The van der Waals surface area contributed by atoms with Crippen LogP contribution in [0.2, 0.25) is 0 Å². The van der Waals surface area contributed by atoms with Crippen molar-refractivity contribution in [1.82, 2.24) is 25.1 Å². The van der Waals surface area contributed by atoms with Gasteiger partial charge in [-0.05, 0) is 30.9 Å². The molecule has 1 atom stereocenters. The average Bonchev–Trinajstić information content (AvgIpc) is 3.28. The summed E-state index contributed by atoms with van der Waals surface area (Å²) in [5.74, 6) is -0.845. The Kier molecular flexibility index (Phi) is 4.11. The summed E-state index contributed by atoms with van der Waals surface area (Å²) in [5, 5.41) is 21.0. The van der Waals surface area contributed by atoms with E-state index in [0.29, 0.717) is 30.5 Å². The van der Waals surface area contributed by atoms with Gasteiger partial charge in [0.15, 0.2) is 5.69 Å². The molecule has 1 aliphatic rings. The quantitative estimate of drug-likeness (QED) is 0.757. The summed E-state index contributed by atoms with van der Waals surface area (Å²) in [4.78, 5) is 25.5. The molecule has 2 aromatic heterocycles. The molecule has 1 aliphatic heterocycles. The van der Waals surface area contributed by atoms with E-state index in [2.05, 4.69) is 15.5 Å². The Morgan fingerprint density at radius 3 is 2.96 bits per heavy atom. The van der Waals surface area contributed by atoms with E-state index in [1.165, 1.54) is 10.9 Å². The van der Waals surface area contributed by atoms with Crippen molar-refractivity contribution in [2.24, 2.45) is 5.92 Å². The molecular formula is C17H17N5O4. The topological polar surface area (TPSA) is 114 Å². The number of carbonyl (C=O) groups excluding carboxylic acids is 1. The zero-order chi connectivity index (χ0) is 18.1. The summed E-state index contributed by atoms with van der Waals surface area (Å²) in [6.45, 7) is 1.72. The molecule has 0 spiro atoms. The van der Waals surface area contributed by atoms with Gasteiger partial charge >= 0.3 is 5.97 Å². The summed E-state index contributed by atoms with van der Waals surface area (Å²) in [6.07, 6.45) is 3.21. The summed E-state index contributed by atoms with van der Waals surface area (Å²) >= 11 is 0. The first-order valence-electron chi connectivity index (χ1n) is 8.39. The smallest absolute Gasteiger partial charge is 0.358 e. The van der Waals surface area contributed by atoms with E-state index in [1.807, 2.05) is 18.2 Å². The minimum Gasteiger partial charge on any atom is -0.476 e. The molecule has 0 saturated carbocycles. The van der Waals surface area contributed by atoms with Gasteiger partial charge in [-0.2, -0.15) is 0 Å². The molecule has 1 N–H and O–H groups in total. The highest BCUT2D eigenvalue weighted by Gasteiger charge is 2.28. The number of piperidine rings is 1. The van der Waals surface area contributed by atoms with Gasteiger partial charge in [0.25, 0.3) is 5.91 Å². The fourth-order valence-electron chi connectivity index (χ4n) is 3.34. The monoisotopic (exact) mass is 355 g/mol. The number of fused-ring (bicyclic) bond motifs is 1. The van der Waals surface area contributed by atoms with Gasteiger partial charge in [0.1, 0.15) is 5.52 Å². The lowest BCUT2D eigenvalue weighted by Crippen LogP contribution is -2.41. The van der Waals surface area contributed by atoms with E-state index in [1.54, 1.807) is 11.0 Å². The van der Waals surface area contributed by atoms with Crippen LogP contribution in [-0.2, 0) is 6.54 Å². The molecule has 0 aliphatic carbocycles. The highest BCUT2D eigenvalue weighted by atomic mass is 16.5. The van der Waals surface area contributed by atoms with Crippen LogP contribution in [0.4, 0.5) is 0 Å². The Balaban J connectivity index is 1.47. The number of nitrogens with zero attached hydrogens (tertiary/aromatic N) is 5. The molecule has 1 aromatic carbocycles. The number of amides is 1. The summed E-state index contributed by atoms with van der Waals surface area (Å²) in [7, 11) is 0. The lowest BCUT2D eigenvalue weighted by molar-refractivity contribution is 0.0620. The van der Waals surface area contributed by atoms with Crippen LogP contribution in [0.1, 0.15) is 33.9 Å². The Morgan fingerprint density at radius 2 is 2.15 bits per heavy atom. The highest BCUT2D eigenvalue weighted by molar-refractivity contribution is 6.03. The molecule has 0 radical (unpaired) electrons. The van der Waals surface area contributed by atoms with Crippen LogP contribution in [0.25, 0.3) is 10.9 Å². The van der Waals surface area contributed by atoms with Gasteiger partial charge < -0.3 is 14.5 Å². The number of rotatable bonds is 4. The molecule has 134 valence electrons. The van der Waals surface area contributed by atoms with Crippen molar-refractivity contribution in [3.8, 4) is 0 Å². The molecule has 1 unspecified atom stereocenters. The first-order chi connectivity index (χ1) is 12.6. The van der Waals surface area contributed by atoms with Gasteiger partial charge in [-0.25, -0.2) is 4.79 Å². The molecule has 3 aromatic rings. The fourth-order valence-corrected chi connectivity index (χ4v) is 3.34. The number of hydrogen-bond donors (Lipinski definition) is 1. The molecule has 0 bridgehead atoms. The second-order valence-electron chi connectivity index (χ2n) is 6.42. The van der Waals surface area contributed by atoms with E-state index in [-0.39, 0.29) is 23.3 Å². The van der Waals surface area contributed by atoms with Crippen LogP contribution < -0.4 is 0 Å². The second kappa shape index (κ2) is 6.58. The van der Waals surface area contributed by atoms with E-state index in [0.717, 1.165) is 12.8 Å². The Bertz CT molecular complexity index is 963. The number of carboxylic acid groups (broad SMARTS) is 1. The maximum absolute atomic E-state index is 12.8. The third kappa shape index (κ3) is 3.03. The number of aromatic nitrogens is 4. The zero-order valence-electron chi connectivity index (χ0n) is 13.9. The summed E-state index contributed by atoms with van der Waals surface area (Å²) < 4.78 is 6.80. The molecule has 1 amide bonds. The minimum absolute atomic E-state index is 0.0816.